The lowest BCUT2D eigenvalue weighted by Gasteiger charge is -2.45. The molecular weight excluding hydrogens is 715 g/mol. The number of amides is 3. The fourth-order valence-electron chi connectivity index (χ4n) is 10.1. The molecule has 0 bridgehead atoms. The predicted molar refractivity (Wildman–Crippen MR) is 209 cm³/mol. The number of carbonyl (C=O) groups excluding carboxylic acids is 3. The summed E-state index contributed by atoms with van der Waals surface area (Å²) in [4.78, 5) is 51.0. The molecule has 1 saturated carbocycles. The molecule has 4 atom stereocenters. The molecule has 9 rings (SSSR count). The number of fused-ring (bicyclic) bond motifs is 2. The molecule has 2 aromatic carbocycles. The Hall–Kier alpha value is -5.10. The summed E-state index contributed by atoms with van der Waals surface area (Å²) in [5.74, 6) is -3.90. The van der Waals surface area contributed by atoms with Crippen molar-refractivity contribution >= 4 is 29.2 Å². The first-order chi connectivity index (χ1) is 27.1. The molecule has 12 heteroatoms. The molecule has 3 aromatic rings. The number of hydrogen-bond acceptors (Lipinski definition) is 8. The van der Waals surface area contributed by atoms with Gasteiger partial charge < -0.3 is 19.8 Å². The summed E-state index contributed by atoms with van der Waals surface area (Å²) in [7, 11) is 0. The smallest absolute Gasteiger partial charge is 0.255 e. The van der Waals surface area contributed by atoms with Crippen LogP contribution in [0.5, 0.6) is 0 Å². The standard InChI is InChI=1S/C44H48F2N6O4/c45-44(46)24-36(29-4-2-1-3-5-29)41(35-10-8-33(53)23-37(35)44)30-6-12-39(47-25-30)51-16-14-28(15-17-51)26-49-18-20-50(21-19-49)32-7-9-34-31(22-32)27-52(43(34)56)38-11-13-40(54)48-42(38)55/h1-10,12,22,25,28,36-38,41,53H,11,13-21,23-24,26-27H2,(H,48,54,55)/t36-,37?,38-,41-/m0/s1. The predicted octanol–water partition coefficient (Wildman–Crippen LogP) is 6.18. The lowest BCUT2D eigenvalue weighted by atomic mass is 9.62. The quantitative estimate of drug-likeness (QED) is 0.275. The van der Waals surface area contributed by atoms with Crippen molar-refractivity contribution in [1.82, 2.24) is 20.1 Å². The molecule has 6 aliphatic rings. The van der Waals surface area contributed by atoms with E-state index in [1.807, 2.05) is 48.7 Å². The molecule has 3 saturated heterocycles. The van der Waals surface area contributed by atoms with Crippen molar-refractivity contribution in [2.75, 3.05) is 55.6 Å². The van der Waals surface area contributed by atoms with Crippen molar-refractivity contribution in [1.29, 1.82) is 0 Å². The van der Waals surface area contributed by atoms with Crippen LogP contribution < -0.4 is 15.1 Å². The zero-order valence-corrected chi connectivity index (χ0v) is 31.5. The Bertz CT molecular complexity index is 2060. The average molecular weight is 763 g/mol. The van der Waals surface area contributed by atoms with Crippen molar-refractivity contribution in [2.24, 2.45) is 11.8 Å². The van der Waals surface area contributed by atoms with E-state index in [9.17, 15) is 19.5 Å². The van der Waals surface area contributed by atoms with Crippen molar-refractivity contribution in [3.05, 3.63) is 113 Å². The third-order valence-corrected chi connectivity index (χ3v) is 13.1. The number of benzene rings is 2. The molecule has 0 spiro atoms. The highest BCUT2D eigenvalue weighted by Crippen LogP contribution is 2.57. The number of carbonyl (C=O) groups is 3. The second-order valence-corrected chi connectivity index (χ2v) is 16.5. The monoisotopic (exact) mass is 762 g/mol. The van der Waals surface area contributed by atoms with Crippen LogP contribution in [0.15, 0.2) is 90.3 Å². The second kappa shape index (κ2) is 14.8. The van der Waals surface area contributed by atoms with Crippen LogP contribution in [0, 0.1) is 11.8 Å². The minimum Gasteiger partial charge on any atom is -0.512 e. The maximum atomic E-state index is 15.6. The summed E-state index contributed by atoms with van der Waals surface area (Å²) in [6.07, 6.45) is 7.61. The normalized spacial score (nSPS) is 27.0. The summed E-state index contributed by atoms with van der Waals surface area (Å²) in [6.45, 7) is 7.00. The maximum absolute atomic E-state index is 15.6. The number of alkyl halides is 2. The van der Waals surface area contributed by atoms with Gasteiger partial charge in [0.1, 0.15) is 11.9 Å². The van der Waals surface area contributed by atoms with E-state index >= 15 is 8.78 Å². The van der Waals surface area contributed by atoms with Crippen LogP contribution in [0.1, 0.15) is 77.4 Å². The Kier molecular flexibility index (Phi) is 9.63. The molecule has 5 heterocycles. The Morgan fingerprint density at radius 2 is 1.64 bits per heavy atom. The Balaban J connectivity index is 0.788. The Labute approximate surface area is 325 Å². The SMILES string of the molecule is O=C1CC[C@H](N2Cc3cc(N4CCN(CC5CCN(c6ccc([C@H]7C8=CC=C(O)CC8C(F)(F)C[C@H]7c7ccccc7)cn6)CC5)CC4)ccc3C2=O)C(=O)N1. The second-order valence-electron chi connectivity index (χ2n) is 16.5. The van der Waals surface area contributed by atoms with Gasteiger partial charge in [-0.3, -0.25) is 24.6 Å². The molecular formula is C44H48F2N6O4. The number of aliphatic hydroxyl groups excluding tert-OH is 1. The number of piperidine rings is 2. The minimum absolute atomic E-state index is 0.00638. The molecule has 56 heavy (non-hydrogen) atoms. The molecule has 1 aromatic heterocycles. The summed E-state index contributed by atoms with van der Waals surface area (Å²) in [5, 5.41) is 12.6. The first-order valence-electron chi connectivity index (χ1n) is 20.1. The van der Waals surface area contributed by atoms with E-state index in [0.29, 0.717) is 30.0 Å². The van der Waals surface area contributed by atoms with Crippen LogP contribution in [0.4, 0.5) is 20.3 Å². The van der Waals surface area contributed by atoms with Crippen molar-refractivity contribution in [2.45, 2.75) is 68.9 Å². The van der Waals surface area contributed by atoms with Crippen LogP contribution in [0.3, 0.4) is 0 Å². The number of rotatable bonds is 7. The van der Waals surface area contributed by atoms with E-state index in [1.54, 1.807) is 17.1 Å². The molecule has 3 amide bonds. The number of allylic oxidation sites excluding steroid dienone is 4. The number of pyridine rings is 1. The van der Waals surface area contributed by atoms with Crippen molar-refractivity contribution < 1.29 is 28.3 Å². The van der Waals surface area contributed by atoms with Gasteiger partial charge in [-0.15, -0.1) is 0 Å². The number of imide groups is 1. The van der Waals surface area contributed by atoms with Gasteiger partial charge in [-0.05, 0) is 72.2 Å². The van der Waals surface area contributed by atoms with Crippen molar-refractivity contribution in [3.8, 4) is 0 Å². The van der Waals surface area contributed by atoms with E-state index in [0.717, 1.165) is 86.9 Å². The third-order valence-electron chi connectivity index (χ3n) is 13.1. The molecule has 4 fully saturated rings. The van der Waals surface area contributed by atoms with Crippen LogP contribution in [-0.4, -0.2) is 95.4 Å². The lowest BCUT2D eigenvalue weighted by molar-refractivity contribution is -0.136. The van der Waals surface area contributed by atoms with Gasteiger partial charge in [0.15, 0.2) is 0 Å². The maximum Gasteiger partial charge on any atom is 0.255 e. The fraction of sp³-hybridized carbons (Fsp3) is 0.455. The van der Waals surface area contributed by atoms with Gasteiger partial charge in [0.25, 0.3) is 11.8 Å². The summed E-state index contributed by atoms with van der Waals surface area (Å²) < 4.78 is 31.2. The van der Waals surface area contributed by atoms with Gasteiger partial charge in [-0.1, -0.05) is 48.0 Å². The number of aromatic nitrogens is 1. The van der Waals surface area contributed by atoms with Crippen LogP contribution >= 0.6 is 0 Å². The number of halogens is 2. The Morgan fingerprint density at radius 3 is 2.38 bits per heavy atom. The van der Waals surface area contributed by atoms with Gasteiger partial charge in [0.2, 0.25) is 11.8 Å². The van der Waals surface area contributed by atoms with Gasteiger partial charge in [0.05, 0.1) is 11.7 Å². The first-order valence-corrected chi connectivity index (χ1v) is 20.1. The minimum atomic E-state index is -2.92. The van der Waals surface area contributed by atoms with Gasteiger partial charge in [-0.25, -0.2) is 13.8 Å². The number of hydrogen-bond donors (Lipinski definition) is 2. The number of nitrogens with zero attached hydrogens (tertiary/aromatic N) is 5. The average Bonchev–Trinajstić information content (AvgIpc) is 3.53. The van der Waals surface area contributed by atoms with Crippen LogP contribution in [-0.2, 0) is 16.1 Å². The molecule has 10 nitrogen and oxygen atoms in total. The van der Waals surface area contributed by atoms with Gasteiger partial charge >= 0.3 is 0 Å². The summed E-state index contributed by atoms with van der Waals surface area (Å²) in [6, 6.07) is 19.1. The fourth-order valence-corrected chi connectivity index (χ4v) is 10.1. The lowest BCUT2D eigenvalue weighted by Crippen LogP contribution is -2.52. The van der Waals surface area contributed by atoms with Gasteiger partial charge in [-0.2, -0.15) is 0 Å². The largest absolute Gasteiger partial charge is 0.512 e. The summed E-state index contributed by atoms with van der Waals surface area (Å²) in [5.41, 5.74) is 5.16. The van der Waals surface area contributed by atoms with Crippen LogP contribution in [0.2, 0.25) is 0 Å². The molecule has 0 radical (unpaired) electrons. The molecule has 4 aliphatic heterocycles. The van der Waals surface area contributed by atoms with E-state index in [2.05, 4.69) is 38.2 Å². The van der Waals surface area contributed by atoms with E-state index < -0.39 is 29.7 Å². The highest BCUT2D eigenvalue weighted by Gasteiger charge is 2.53. The molecule has 2 aliphatic carbocycles. The Morgan fingerprint density at radius 1 is 0.857 bits per heavy atom. The summed E-state index contributed by atoms with van der Waals surface area (Å²) >= 11 is 0. The highest BCUT2D eigenvalue weighted by atomic mass is 19.3. The number of nitrogens with one attached hydrogen (secondary N) is 1. The zero-order valence-electron chi connectivity index (χ0n) is 31.5. The molecule has 1 unspecified atom stereocenters. The molecule has 2 N–H and O–H groups in total. The van der Waals surface area contributed by atoms with E-state index in [-0.39, 0.29) is 42.8 Å². The third kappa shape index (κ3) is 6.97. The van der Waals surface area contributed by atoms with E-state index in [1.165, 1.54) is 0 Å². The number of piperazine rings is 1. The van der Waals surface area contributed by atoms with E-state index in [4.69, 9.17) is 4.98 Å². The topological polar surface area (TPSA) is 109 Å². The zero-order chi connectivity index (χ0) is 38.6. The highest BCUT2D eigenvalue weighted by molar-refractivity contribution is 6.05. The molecule has 292 valence electrons. The first kappa shape index (κ1) is 36.5. The number of aliphatic hydroxyl groups is 1. The van der Waals surface area contributed by atoms with Crippen LogP contribution in [0.25, 0.3) is 0 Å². The van der Waals surface area contributed by atoms with Crippen molar-refractivity contribution in [3.63, 3.8) is 0 Å². The van der Waals surface area contributed by atoms with Gasteiger partial charge in [0, 0.05) is 101 Å². The number of anilines is 2.